The Balaban J connectivity index is 1.36. The SMILES string of the molecule is CCOC(=O)COc1c(C(=O)OC)sc(-c2cccc(OCC3CCN(C(=O)Nc4ccc(C)cc4[N+](=O)[O-])CC3)c2)c1Br. The number of thiophene rings is 1. The van der Waals surface area contributed by atoms with E-state index in [0.717, 1.165) is 22.5 Å². The van der Waals surface area contributed by atoms with E-state index in [9.17, 15) is 24.5 Å². The van der Waals surface area contributed by atoms with Crippen LogP contribution < -0.4 is 14.8 Å². The quantitative estimate of drug-likeness (QED) is 0.136. The lowest BCUT2D eigenvalue weighted by Gasteiger charge is -2.31. The fraction of sp³-hybridized carbons (Fsp3) is 0.367. The number of ether oxygens (including phenoxy) is 4. The number of nitrogens with one attached hydrogen (secondary N) is 1. The number of nitro benzene ring substituents is 1. The molecule has 2 aromatic carbocycles. The van der Waals surface area contributed by atoms with Crippen molar-refractivity contribution in [2.24, 2.45) is 5.92 Å². The van der Waals surface area contributed by atoms with Gasteiger partial charge in [0.25, 0.3) is 5.69 Å². The van der Waals surface area contributed by atoms with Gasteiger partial charge in [-0.1, -0.05) is 18.2 Å². The summed E-state index contributed by atoms with van der Waals surface area (Å²) in [7, 11) is 1.27. The number of aryl methyl sites for hydroxylation is 1. The second-order valence-corrected chi connectivity index (χ2v) is 11.8. The average Bonchev–Trinajstić information content (AvgIpc) is 3.35. The molecule has 1 saturated heterocycles. The zero-order valence-electron chi connectivity index (χ0n) is 24.4. The van der Waals surface area contributed by atoms with E-state index in [1.54, 1.807) is 30.9 Å². The topological polar surface area (TPSA) is 147 Å². The van der Waals surface area contributed by atoms with Gasteiger partial charge in [0.1, 0.15) is 11.4 Å². The lowest BCUT2D eigenvalue weighted by atomic mass is 9.98. The summed E-state index contributed by atoms with van der Waals surface area (Å²) in [5.74, 6) is -0.114. The van der Waals surface area contributed by atoms with Crippen LogP contribution >= 0.6 is 27.3 Å². The van der Waals surface area contributed by atoms with Crippen LogP contribution in [0.25, 0.3) is 10.4 Å². The van der Waals surface area contributed by atoms with E-state index in [1.165, 1.54) is 13.2 Å². The number of methoxy groups -OCH3 is 1. The second kappa shape index (κ2) is 15.0. The van der Waals surface area contributed by atoms with E-state index < -0.39 is 16.9 Å². The third-order valence-corrected chi connectivity index (χ3v) is 9.11. The van der Waals surface area contributed by atoms with Crippen LogP contribution in [0.2, 0.25) is 0 Å². The number of hydrogen-bond acceptors (Lipinski definition) is 10. The van der Waals surface area contributed by atoms with Crippen LogP contribution in [0.1, 0.15) is 35.0 Å². The first-order valence-electron chi connectivity index (χ1n) is 13.8. The predicted octanol–water partition coefficient (Wildman–Crippen LogP) is 6.45. The van der Waals surface area contributed by atoms with Gasteiger partial charge in [-0.3, -0.25) is 10.1 Å². The first kappa shape index (κ1) is 32.7. The van der Waals surface area contributed by atoms with E-state index in [4.69, 9.17) is 18.9 Å². The maximum Gasteiger partial charge on any atom is 0.351 e. The largest absolute Gasteiger partial charge is 0.493 e. The first-order chi connectivity index (χ1) is 21.1. The Morgan fingerprint density at radius 3 is 2.57 bits per heavy atom. The molecule has 0 saturated carbocycles. The number of carbonyl (C=O) groups is 3. The molecule has 0 bridgehead atoms. The summed E-state index contributed by atoms with van der Waals surface area (Å²) in [5, 5.41) is 14.1. The van der Waals surface area contributed by atoms with Crippen LogP contribution in [-0.2, 0) is 14.3 Å². The minimum atomic E-state index is -0.592. The van der Waals surface area contributed by atoms with E-state index >= 15 is 0 Å². The normalized spacial score (nSPS) is 13.2. The number of anilines is 1. The molecule has 12 nitrogen and oxygen atoms in total. The molecule has 234 valence electrons. The first-order valence-corrected chi connectivity index (χ1v) is 15.4. The molecule has 1 aromatic heterocycles. The minimum Gasteiger partial charge on any atom is -0.493 e. The van der Waals surface area contributed by atoms with E-state index in [0.29, 0.717) is 47.6 Å². The van der Waals surface area contributed by atoms with Crippen molar-refractivity contribution in [3.8, 4) is 21.9 Å². The van der Waals surface area contributed by atoms with Crippen LogP contribution in [-0.4, -0.2) is 67.8 Å². The molecule has 44 heavy (non-hydrogen) atoms. The van der Waals surface area contributed by atoms with Crippen molar-refractivity contribution in [1.82, 2.24) is 4.90 Å². The highest BCUT2D eigenvalue weighted by atomic mass is 79.9. The number of likely N-dealkylation sites (tertiary alicyclic amines) is 1. The lowest BCUT2D eigenvalue weighted by Crippen LogP contribution is -2.42. The highest BCUT2D eigenvalue weighted by Crippen LogP contribution is 2.46. The number of hydrogen-bond donors (Lipinski definition) is 1. The third-order valence-electron chi connectivity index (χ3n) is 6.89. The number of esters is 2. The highest BCUT2D eigenvalue weighted by Gasteiger charge is 2.27. The van der Waals surface area contributed by atoms with Gasteiger partial charge >= 0.3 is 18.0 Å². The van der Waals surface area contributed by atoms with E-state index in [1.807, 2.05) is 24.3 Å². The number of urea groups is 1. The summed E-state index contributed by atoms with van der Waals surface area (Å²) in [6, 6.07) is 11.7. The molecule has 1 fully saturated rings. The van der Waals surface area contributed by atoms with Gasteiger partial charge in [0.05, 0.1) is 34.6 Å². The van der Waals surface area contributed by atoms with Crippen LogP contribution in [0.4, 0.5) is 16.2 Å². The Labute approximate surface area is 266 Å². The van der Waals surface area contributed by atoms with E-state index in [-0.39, 0.29) is 47.2 Å². The average molecular weight is 691 g/mol. The number of piperidine rings is 1. The Kier molecular flexibility index (Phi) is 11.2. The molecule has 2 amide bonds. The van der Waals surface area contributed by atoms with Gasteiger partial charge in [-0.25, -0.2) is 14.4 Å². The molecule has 14 heteroatoms. The fourth-order valence-corrected chi connectivity index (χ4v) is 6.58. The minimum absolute atomic E-state index is 0.139. The van der Waals surface area contributed by atoms with Crippen LogP contribution in [0, 0.1) is 23.0 Å². The third kappa shape index (κ3) is 8.05. The number of benzene rings is 2. The molecule has 0 spiro atoms. The Bertz CT molecular complexity index is 1540. The lowest BCUT2D eigenvalue weighted by molar-refractivity contribution is -0.384. The van der Waals surface area contributed by atoms with Gasteiger partial charge in [0, 0.05) is 19.2 Å². The van der Waals surface area contributed by atoms with Crippen LogP contribution in [0.5, 0.6) is 11.5 Å². The zero-order valence-corrected chi connectivity index (χ0v) is 26.8. The summed E-state index contributed by atoms with van der Waals surface area (Å²) in [6.45, 7) is 4.73. The molecule has 1 aliphatic rings. The Hall–Kier alpha value is -4.17. The predicted molar refractivity (Wildman–Crippen MR) is 168 cm³/mol. The van der Waals surface area contributed by atoms with E-state index in [2.05, 4.69) is 21.2 Å². The van der Waals surface area contributed by atoms with Crippen molar-refractivity contribution in [2.45, 2.75) is 26.7 Å². The molecule has 0 radical (unpaired) electrons. The molecule has 3 aromatic rings. The summed E-state index contributed by atoms with van der Waals surface area (Å²) in [6.07, 6.45) is 1.42. The molecule has 4 rings (SSSR count). The van der Waals surface area contributed by atoms with Gasteiger partial charge < -0.3 is 29.2 Å². The Morgan fingerprint density at radius 2 is 1.89 bits per heavy atom. The number of carbonyl (C=O) groups excluding carboxylic acids is 3. The summed E-state index contributed by atoms with van der Waals surface area (Å²) in [5.41, 5.74) is 1.54. The number of amides is 2. The Morgan fingerprint density at radius 1 is 1.14 bits per heavy atom. The number of rotatable bonds is 11. The monoisotopic (exact) mass is 689 g/mol. The number of nitro groups is 1. The number of nitrogens with zero attached hydrogens (tertiary/aromatic N) is 2. The smallest absolute Gasteiger partial charge is 0.351 e. The molecular weight excluding hydrogens is 658 g/mol. The summed E-state index contributed by atoms with van der Waals surface area (Å²) in [4.78, 5) is 50.5. The van der Waals surface area contributed by atoms with Crippen LogP contribution in [0.3, 0.4) is 0 Å². The second-order valence-electron chi connectivity index (χ2n) is 9.97. The molecule has 0 atom stereocenters. The van der Waals surface area contributed by atoms with Crippen molar-refractivity contribution in [3.05, 3.63) is 67.5 Å². The van der Waals surface area contributed by atoms with Crippen molar-refractivity contribution in [1.29, 1.82) is 0 Å². The number of halogens is 1. The fourth-order valence-electron chi connectivity index (χ4n) is 4.61. The van der Waals surface area contributed by atoms with Gasteiger partial charge in [-0.2, -0.15) is 0 Å². The maximum atomic E-state index is 12.8. The highest BCUT2D eigenvalue weighted by molar-refractivity contribution is 9.10. The van der Waals surface area contributed by atoms with Crippen molar-refractivity contribution < 1.29 is 38.3 Å². The summed E-state index contributed by atoms with van der Waals surface area (Å²) >= 11 is 4.68. The van der Waals surface area contributed by atoms with Gasteiger partial charge in [0.15, 0.2) is 17.2 Å². The summed E-state index contributed by atoms with van der Waals surface area (Å²) < 4.78 is 22.1. The molecule has 0 unspecified atom stereocenters. The van der Waals surface area contributed by atoms with Gasteiger partial charge in [-0.05, 0) is 77.9 Å². The van der Waals surface area contributed by atoms with Crippen molar-refractivity contribution >= 4 is 56.6 Å². The van der Waals surface area contributed by atoms with Crippen LogP contribution in [0.15, 0.2) is 46.9 Å². The van der Waals surface area contributed by atoms with Crippen molar-refractivity contribution in [3.63, 3.8) is 0 Å². The molecular formula is C30H32BrN3O9S. The zero-order chi connectivity index (χ0) is 31.8. The van der Waals surface area contributed by atoms with Gasteiger partial charge in [-0.15, -0.1) is 11.3 Å². The molecule has 1 N–H and O–H groups in total. The molecule has 1 aliphatic heterocycles. The molecule has 0 aliphatic carbocycles. The standard InChI is InChI=1S/C30H32BrN3O9S/c1-4-41-24(35)17-43-26-25(31)27(44-28(26)29(36)40-3)20-6-5-7-21(15-20)42-16-19-10-12-33(13-11-19)30(37)32-22-9-8-18(2)14-23(22)34(38)39/h5-9,14-15,19H,4,10-13,16-17H2,1-3H3,(H,32,37). The van der Waals surface area contributed by atoms with Gasteiger partial charge in [0.2, 0.25) is 0 Å². The molecule has 2 heterocycles. The van der Waals surface area contributed by atoms with Crippen molar-refractivity contribution in [2.75, 3.05) is 45.3 Å². The maximum absolute atomic E-state index is 12.8.